The molecule has 1 saturated heterocycles. The zero-order valence-corrected chi connectivity index (χ0v) is 7.61. The number of fused-ring (bicyclic) bond motifs is 1. The fourth-order valence-electron chi connectivity index (χ4n) is 1.75. The smallest absolute Gasteiger partial charge is 0.333 e. The third-order valence-electron chi connectivity index (χ3n) is 2.69. The van der Waals surface area contributed by atoms with Gasteiger partial charge in [-0.15, -0.1) is 0 Å². The lowest BCUT2D eigenvalue weighted by Gasteiger charge is -2.17. The molecule has 2 aliphatic rings. The van der Waals surface area contributed by atoms with Crippen molar-refractivity contribution in [3.8, 4) is 0 Å². The van der Waals surface area contributed by atoms with Gasteiger partial charge in [0, 0.05) is 12.0 Å². The molecule has 0 radical (unpaired) electrons. The molecule has 1 fully saturated rings. The quantitative estimate of drug-likeness (QED) is 0.460. The molecule has 4 nitrogen and oxygen atoms in total. The van der Waals surface area contributed by atoms with Crippen LogP contribution in [0.4, 0.5) is 0 Å². The van der Waals surface area contributed by atoms with Gasteiger partial charge in [0.2, 0.25) is 0 Å². The molecule has 72 valence electrons. The summed E-state index contributed by atoms with van der Waals surface area (Å²) in [6.07, 6.45) is -0.130. The zero-order chi connectivity index (χ0) is 9.59. The summed E-state index contributed by atoms with van der Waals surface area (Å²) in [5.74, 6) is -0.356. The number of carbonyl (C=O) groups excluding carboxylic acids is 1. The molecule has 0 spiro atoms. The summed E-state index contributed by atoms with van der Waals surface area (Å²) in [4.78, 5) is 11.2. The lowest BCUT2D eigenvalue weighted by Crippen LogP contribution is -2.27. The van der Waals surface area contributed by atoms with E-state index in [1.165, 1.54) is 7.11 Å². The van der Waals surface area contributed by atoms with Gasteiger partial charge in [0.15, 0.2) is 0 Å². The summed E-state index contributed by atoms with van der Waals surface area (Å²) in [5, 5.41) is 9.61. The molecule has 0 amide bonds. The van der Waals surface area contributed by atoms with Crippen LogP contribution in [0, 0.1) is 0 Å². The van der Waals surface area contributed by atoms with Crippen molar-refractivity contribution in [1.29, 1.82) is 0 Å². The lowest BCUT2D eigenvalue weighted by atomic mass is 9.90. The molecule has 1 aliphatic carbocycles. The van der Waals surface area contributed by atoms with Gasteiger partial charge in [-0.1, -0.05) is 0 Å². The van der Waals surface area contributed by atoms with E-state index in [1.807, 2.05) is 0 Å². The molecule has 0 aromatic carbocycles. The topological polar surface area (TPSA) is 59.1 Å². The first kappa shape index (κ1) is 8.72. The predicted octanol–water partition coefficient (Wildman–Crippen LogP) is 0.00790. The average molecular weight is 184 g/mol. The van der Waals surface area contributed by atoms with Crippen molar-refractivity contribution >= 4 is 5.97 Å². The summed E-state index contributed by atoms with van der Waals surface area (Å²) in [6.45, 7) is 1.74. The Morgan fingerprint density at radius 2 is 2.38 bits per heavy atom. The number of hydrogen-bond acceptors (Lipinski definition) is 4. The van der Waals surface area contributed by atoms with Crippen molar-refractivity contribution in [1.82, 2.24) is 0 Å². The van der Waals surface area contributed by atoms with Crippen LogP contribution in [0.25, 0.3) is 0 Å². The second kappa shape index (κ2) is 2.82. The van der Waals surface area contributed by atoms with E-state index in [0.717, 1.165) is 0 Å². The van der Waals surface area contributed by atoms with Crippen LogP contribution in [-0.2, 0) is 14.3 Å². The minimum Gasteiger partial charge on any atom is -0.466 e. The standard InChI is InChI=1S/C9H12O4/c1-4-5(9(11)12-2)3-6-8(13-6)7(4)10/h6-8,10H,3H2,1-2H3. The van der Waals surface area contributed by atoms with Crippen molar-refractivity contribution < 1.29 is 19.4 Å². The maximum absolute atomic E-state index is 11.2. The fraction of sp³-hybridized carbons (Fsp3) is 0.667. The molecule has 1 heterocycles. The molecule has 0 aromatic rings. The number of ether oxygens (including phenoxy) is 2. The average Bonchev–Trinajstić information content (AvgIpc) is 2.89. The molecular formula is C9H12O4. The van der Waals surface area contributed by atoms with Crippen LogP contribution >= 0.6 is 0 Å². The van der Waals surface area contributed by atoms with Gasteiger partial charge in [-0.2, -0.15) is 0 Å². The van der Waals surface area contributed by atoms with Gasteiger partial charge in [-0.05, 0) is 12.5 Å². The van der Waals surface area contributed by atoms with Crippen LogP contribution in [0.3, 0.4) is 0 Å². The molecular weight excluding hydrogens is 172 g/mol. The monoisotopic (exact) mass is 184 g/mol. The van der Waals surface area contributed by atoms with E-state index in [-0.39, 0.29) is 18.2 Å². The van der Waals surface area contributed by atoms with Crippen LogP contribution in [0.5, 0.6) is 0 Å². The van der Waals surface area contributed by atoms with Crippen LogP contribution in [0.1, 0.15) is 13.3 Å². The summed E-state index contributed by atoms with van der Waals surface area (Å²) in [6, 6.07) is 0. The first-order valence-electron chi connectivity index (χ1n) is 4.26. The highest BCUT2D eigenvalue weighted by molar-refractivity contribution is 5.90. The highest BCUT2D eigenvalue weighted by Crippen LogP contribution is 2.40. The first-order valence-corrected chi connectivity index (χ1v) is 4.26. The summed E-state index contributed by atoms with van der Waals surface area (Å²) >= 11 is 0. The molecule has 0 saturated carbocycles. The second-order valence-corrected chi connectivity index (χ2v) is 3.44. The number of rotatable bonds is 1. The van der Waals surface area contributed by atoms with Crippen molar-refractivity contribution in [2.24, 2.45) is 0 Å². The van der Waals surface area contributed by atoms with Crippen LogP contribution in [-0.4, -0.2) is 36.5 Å². The van der Waals surface area contributed by atoms with Gasteiger partial charge in [-0.25, -0.2) is 4.79 Å². The third-order valence-corrected chi connectivity index (χ3v) is 2.69. The minimum atomic E-state index is -0.632. The molecule has 0 aromatic heterocycles. The van der Waals surface area contributed by atoms with Crippen LogP contribution in [0.15, 0.2) is 11.1 Å². The maximum atomic E-state index is 11.2. The normalized spacial score (nSPS) is 37.0. The Morgan fingerprint density at radius 3 is 3.00 bits per heavy atom. The van der Waals surface area contributed by atoms with Crippen molar-refractivity contribution in [3.05, 3.63) is 11.1 Å². The van der Waals surface area contributed by atoms with Gasteiger partial charge in [-0.3, -0.25) is 0 Å². The van der Waals surface area contributed by atoms with Gasteiger partial charge in [0.1, 0.15) is 12.2 Å². The Morgan fingerprint density at radius 1 is 1.69 bits per heavy atom. The summed E-state index contributed by atoms with van der Waals surface area (Å²) in [5.41, 5.74) is 1.25. The number of methoxy groups -OCH3 is 1. The van der Waals surface area contributed by atoms with Crippen molar-refractivity contribution in [2.75, 3.05) is 7.11 Å². The number of aliphatic hydroxyl groups excluding tert-OH is 1. The minimum absolute atomic E-state index is 0.0211. The Hall–Kier alpha value is -0.870. The van der Waals surface area contributed by atoms with Crippen molar-refractivity contribution in [2.45, 2.75) is 31.7 Å². The number of esters is 1. The van der Waals surface area contributed by atoms with Gasteiger partial charge >= 0.3 is 5.97 Å². The van der Waals surface area contributed by atoms with E-state index in [1.54, 1.807) is 6.92 Å². The molecule has 1 N–H and O–H groups in total. The number of hydrogen-bond donors (Lipinski definition) is 1. The van der Waals surface area contributed by atoms with Gasteiger partial charge in [0.05, 0.1) is 13.2 Å². The van der Waals surface area contributed by atoms with E-state index in [0.29, 0.717) is 17.6 Å². The van der Waals surface area contributed by atoms with E-state index >= 15 is 0 Å². The number of carbonyl (C=O) groups is 1. The number of epoxide rings is 1. The predicted molar refractivity (Wildman–Crippen MR) is 44.0 cm³/mol. The molecule has 2 rings (SSSR count). The van der Waals surface area contributed by atoms with E-state index in [2.05, 4.69) is 4.74 Å². The largest absolute Gasteiger partial charge is 0.466 e. The number of aliphatic hydroxyl groups is 1. The Kier molecular flexibility index (Phi) is 1.89. The van der Waals surface area contributed by atoms with Crippen LogP contribution < -0.4 is 0 Å². The van der Waals surface area contributed by atoms with Crippen LogP contribution in [0.2, 0.25) is 0 Å². The van der Waals surface area contributed by atoms with E-state index < -0.39 is 6.10 Å². The highest BCUT2D eigenvalue weighted by Gasteiger charge is 2.50. The molecule has 4 heteroatoms. The SMILES string of the molecule is COC(=O)C1=C(C)C(O)C2OC2C1. The Balaban J connectivity index is 2.25. The third kappa shape index (κ3) is 1.26. The molecule has 13 heavy (non-hydrogen) atoms. The van der Waals surface area contributed by atoms with E-state index in [4.69, 9.17) is 4.74 Å². The Labute approximate surface area is 76.1 Å². The maximum Gasteiger partial charge on any atom is 0.333 e. The van der Waals surface area contributed by atoms with E-state index in [9.17, 15) is 9.90 Å². The molecule has 3 unspecified atom stereocenters. The fourth-order valence-corrected chi connectivity index (χ4v) is 1.75. The first-order chi connectivity index (χ1) is 6.15. The Bertz CT molecular complexity index is 281. The highest BCUT2D eigenvalue weighted by atomic mass is 16.6. The zero-order valence-electron chi connectivity index (χ0n) is 7.61. The van der Waals surface area contributed by atoms with Crippen molar-refractivity contribution in [3.63, 3.8) is 0 Å². The summed E-state index contributed by atoms with van der Waals surface area (Å²) in [7, 11) is 1.34. The second-order valence-electron chi connectivity index (χ2n) is 3.44. The molecule has 1 aliphatic heterocycles. The summed E-state index contributed by atoms with van der Waals surface area (Å²) < 4.78 is 9.80. The lowest BCUT2D eigenvalue weighted by molar-refractivity contribution is -0.136. The van der Waals surface area contributed by atoms with Gasteiger partial charge in [0.25, 0.3) is 0 Å². The van der Waals surface area contributed by atoms with Gasteiger partial charge < -0.3 is 14.6 Å². The molecule has 0 bridgehead atoms. The molecule has 3 atom stereocenters.